The second kappa shape index (κ2) is 5.98. The smallest absolute Gasteiger partial charge is 0.276 e. The number of carbonyl (C=O) groups is 1. The van der Waals surface area contributed by atoms with E-state index in [0.29, 0.717) is 10.3 Å². The van der Waals surface area contributed by atoms with Crippen molar-refractivity contribution in [1.29, 1.82) is 0 Å². The Morgan fingerprint density at radius 3 is 2.73 bits per heavy atom. The molecule has 2 aromatic heterocycles. The van der Waals surface area contributed by atoms with Crippen LogP contribution in [0.4, 0.5) is 10.1 Å². The van der Waals surface area contributed by atoms with Gasteiger partial charge in [0, 0.05) is 4.47 Å². The summed E-state index contributed by atoms with van der Waals surface area (Å²) in [6.07, 6.45) is 2.82. The zero-order valence-electron chi connectivity index (χ0n) is 10.9. The van der Waals surface area contributed by atoms with E-state index in [9.17, 15) is 9.18 Å². The second-order valence-corrected chi connectivity index (χ2v) is 5.11. The molecule has 1 N–H and O–H groups in total. The van der Waals surface area contributed by atoms with Crippen molar-refractivity contribution >= 4 is 27.5 Å². The van der Waals surface area contributed by atoms with Crippen molar-refractivity contribution in [3.63, 3.8) is 0 Å². The van der Waals surface area contributed by atoms with Gasteiger partial charge in [0.25, 0.3) is 5.91 Å². The van der Waals surface area contributed by atoms with Crippen molar-refractivity contribution in [1.82, 2.24) is 25.0 Å². The van der Waals surface area contributed by atoms with Gasteiger partial charge in [0.2, 0.25) is 0 Å². The van der Waals surface area contributed by atoms with E-state index in [0.717, 1.165) is 0 Å². The maximum absolute atomic E-state index is 13.7. The molecule has 1 aromatic carbocycles. The monoisotopic (exact) mass is 362 g/mol. The van der Waals surface area contributed by atoms with E-state index in [-0.39, 0.29) is 11.4 Å². The molecule has 2 heterocycles. The number of hydrogen-bond donors (Lipinski definition) is 1. The molecule has 0 aliphatic carbocycles. The average molecular weight is 363 g/mol. The summed E-state index contributed by atoms with van der Waals surface area (Å²) < 4.78 is 15.7. The fourth-order valence-electron chi connectivity index (χ4n) is 1.67. The molecule has 0 aliphatic heterocycles. The Hall–Kier alpha value is -2.68. The van der Waals surface area contributed by atoms with Crippen LogP contribution in [0.2, 0.25) is 0 Å². The highest BCUT2D eigenvalue weighted by Gasteiger charge is 2.12. The molecule has 110 valence electrons. The van der Waals surface area contributed by atoms with Crippen LogP contribution >= 0.6 is 15.9 Å². The molecule has 3 aromatic rings. The standard InChI is InChI=1S/C13H8BrFN6O/c14-8-1-2-10(9(15)5-8)18-13(22)11-3-4-12(20-19-11)21-7-16-6-17-21/h1-7H,(H,18,22). The zero-order valence-corrected chi connectivity index (χ0v) is 12.5. The van der Waals surface area contributed by atoms with Gasteiger partial charge in [-0.05, 0) is 30.3 Å². The molecule has 0 unspecified atom stereocenters. The first kappa shape index (κ1) is 14.3. The van der Waals surface area contributed by atoms with Crippen molar-refractivity contribution in [2.45, 2.75) is 0 Å². The number of benzene rings is 1. The zero-order chi connectivity index (χ0) is 15.5. The third kappa shape index (κ3) is 2.98. The molecule has 0 saturated heterocycles. The molecule has 3 rings (SSSR count). The van der Waals surface area contributed by atoms with Crippen LogP contribution in [0.3, 0.4) is 0 Å². The average Bonchev–Trinajstić information content (AvgIpc) is 3.04. The van der Waals surface area contributed by atoms with E-state index in [4.69, 9.17) is 0 Å². The minimum absolute atomic E-state index is 0.0613. The van der Waals surface area contributed by atoms with Crippen molar-refractivity contribution in [2.24, 2.45) is 0 Å². The predicted octanol–water partition coefficient (Wildman–Crippen LogP) is 2.21. The first-order valence-electron chi connectivity index (χ1n) is 6.08. The molecule has 9 heteroatoms. The van der Waals surface area contributed by atoms with Crippen LogP contribution in [0.5, 0.6) is 0 Å². The van der Waals surface area contributed by atoms with Gasteiger partial charge in [0.15, 0.2) is 11.5 Å². The third-order valence-electron chi connectivity index (χ3n) is 2.72. The number of nitrogens with zero attached hydrogens (tertiary/aromatic N) is 5. The van der Waals surface area contributed by atoms with Gasteiger partial charge in [-0.2, -0.15) is 5.10 Å². The van der Waals surface area contributed by atoms with Crippen molar-refractivity contribution in [3.05, 3.63) is 59.0 Å². The fourth-order valence-corrected chi connectivity index (χ4v) is 2.01. The van der Waals surface area contributed by atoms with E-state index >= 15 is 0 Å². The summed E-state index contributed by atoms with van der Waals surface area (Å²) in [6, 6.07) is 7.37. The minimum Gasteiger partial charge on any atom is -0.318 e. The minimum atomic E-state index is -0.557. The number of halogens is 2. The van der Waals surface area contributed by atoms with Crippen LogP contribution in [-0.2, 0) is 0 Å². The number of hydrogen-bond acceptors (Lipinski definition) is 5. The number of carbonyl (C=O) groups excluding carboxylic acids is 1. The van der Waals surface area contributed by atoms with Crippen LogP contribution in [0, 0.1) is 5.82 Å². The second-order valence-electron chi connectivity index (χ2n) is 4.20. The van der Waals surface area contributed by atoms with Gasteiger partial charge in [-0.25, -0.2) is 14.1 Å². The number of aromatic nitrogens is 5. The molecule has 0 fully saturated rings. The first-order valence-corrected chi connectivity index (χ1v) is 6.88. The highest BCUT2D eigenvalue weighted by Crippen LogP contribution is 2.19. The molecule has 0 bridgehead atoms. The number of anilines is 1. The topological polar surface area (TPSA) is 85.6 Å². The maximum Gasteiger partial charge on any atom is 0.276 e. The van der Waals surface area contributed by atoms with Gasteiger partial charge in [-0.3, -0.25) is 4.79 Å². The number of rotatable bonds is 3. The lowest BCUT2D eigenvalue weighted by atomic mass is 10.3. The molecule has 1 amide bonds. The Morgan fingerprint density at radius 1 is 1.23 bits per heavy atom. The summed E-state index contributed by atoms with van der Waals surface area (Å²) in [5.41, 5.74) is 0.126. The van der Waals surface area contributed by atoms with Gasteiger partial charge in [0.05, 0.1) is 5.69 Å². The summed E-state index contributed by atoms with van der Waals surface area (Å²) in [5, 5.41) is 14.0. The summed E-state index contributed by atoms with van der Waals surface area (Å²) in [5.74, 6) is -0.683. The van der Waals surface area contributed by atoms with Crippen LogP contribution in [0.15, 0.2) is 47.5 Å². The van der Waals surface area contributed by atoms with E-state index in [1.807, 2.05) is 0 Å². The fraction of sp³-hybridized carbons (Fsp3) is 0. The lowest BCUT2D eigenvalue weighted by Crippen LogP contribution is -2.16. The molecular formula is C13H8BrFN6O. The molecule has 0 saturated carbocycles. The summed E-state index contributed by atoms with van der Waals surface area (Å²) >= 11 is 3.15. The van der Waals surface area contributed by atoms with Crippen LogP contribution < -0.4 is 5.32 Å². The summed E-state index contributed by atoms with van der Waals surface area (Å²) in [7, 11) is 0. The Labute approximate surface area is 132 Å². The maximum atomic E-state index is 13.7. The SMILES string of the molecule is O=C(Nc1ccc(Br)cc1F)c1ccc(-n2cncn2)nn1. The predicted molar refractivity (Wildman–Crippen MR) is 79.0 cm³/mol. The molecule has 22 heavy (non-hydrogen) atoms. The van der Waals surface area contributed by atoms with Crippen molar-refractivity contribution < 1.29 is 9.18 Å². The highest BCUT2D eigenvalue weighted by atomic mass is 79.9. The van der Waals surface area contributed by atoms with Crippen LogP contribution in [0.1, 0.15) is 10.5 Å². The normalized spacial score (nSPS) is 10.5. The quantitative estimate of drug-likeness (QED) is 0.771. The highest BCUT2D eigenvalue weighted by molar-refractivity contribution is 9.10. The van der Waals surface area contributed by atoms with Gasteiger partial charge >= 0.3 is 0 Å². The van der Waals surface area contributed by atoms with E-state index in [2.05, 4.69) is 41.5 Å². The Bertz CT molecular complexity index is 806. The van der Waals surface area contributed by atoms with Gasteiger partial charge in [-0.1, -0.05) is 15.9 Å². The molecule has 7 nitrogen and oxygen atoms in total. The van der Waals surface area contributed by atoms with E-state index < -0.39 is 11.7 Å². The van der Waals surface area contributed by atoms with Crippen molar-refractivity contribution in [2.75, 3.05) is 5.32 Å². The number of amides is 1. The molecule has 0 aliphatic rings. The van der Waals surface area contributed by atoms with Gasteiger partial charge in [-0.15, -0.1) is 10.2 Å². The molecular weight excluding hydrogens is 355 g/mol. The van der Waals surface area contributed by atoms with Gasteiger partial charge in [0.1, 0.15) is 18.5 Å². The van der Waals surface area contributed by atoms with Crippen molar-refractivity contribution in [3.8, 4) is 5.82 Å². The Morgan fingerprint density at radius 2 is 2.09 bits per heavy atom. The lowest BCUT2D eigenvalue weighted by Gasteiger charge is -2.06. The van der Waals surface area contributed by atoms with E-state index in [1.165, 1.54) is 35.5 Å². The first-order chi connectivity index (χ1) is 10.6. The lowest BCUT2D eigenvalue weighted by molar-refractivity contribution is 0.102. The molecule has 0 spiro atoms. The molecule has 0 radical (unpaired) electrons. The van der Waals surface area contributed by atoms with Crippen LogP contribution in [-0.4, -0.2) is 30.9 Å². The summed E-state index contributed by atoms with van der Waals surface area (Å²) in [6.45, 7) is 0. The summed E-state index contributed by atoms with van der Waals surface area (Å²) in [4.78, 5) is 15.8. The van der Waals surface area contributed by atoms with Crippen LogP contribution in [0.25, 0.3) is 5.82 Å². The third-order valence-corrected chi connectivity index (χ3v) is 3.21. The molecule has 0 atom stereocenters. The largest absolute Gasteiger partial charge is 0.318 e. The van der Waals surface area contributed by atoms with E-state index in [1.54, 1.807) is 12.1 Å². The Kier molecular flexibility index (Phi) is 3.88. The Balaban J connectivity index is 1.77. The number of nitrogens with one attached hydrogen (secondary N) is 1. The van der Waals surface area contributed by atoms with Gasteiger partial charge < -0.3 is 5.32 Å².